The molecule has 1 aliphatic heterocycles. The van der Waals surface area contributed by atoms with Crippen molar-refractivity contribution in [1.29, 1.82) is 0 Å². The number of carbonyl (C=O) groups excluding carboxylic acids is 2. The molecular weight excluding hydrogens is 609 g/mol. The molecule has 3 aromatic carbocycles. The van der Waals surface area contributed by atoms with E-state index < -0.39 is 12.4 Å². The van der Waals surface area contributed by atoms with Gasteiger partial charge in [-0.1, -0.05) is 38.6 Å². The number of alkyl halides is 3. The first-order valence-corrected chi connectivity index (χ1v) is 14.9. The third-order valence-corrected chi connectivity index (χ3v) is 7.80. The Bertz CT molecular complexity index is 1750. The number of hydrogen-bond acceptors (Lipinski definition) is 7. The quantitative estimate of drug-likeness (QED) is 0.217. The van der Waals surface area contributed by atoms with Crippen molar-refractivity contribution in [3.05, 3.63) is 78.1 Å². The molecule has 1 N–H and O–H groups in total. The molecule has 1 aromatic heterocycles. The number of aryl methyl sites for hydroxylation is 1. The number of benzene rings is 3. The van der Waals surface area contributed by atoms with Crippen LogP contribution in [0.2, 0.25) is 0 Å². The standard InChI is InChI=1S/C31H29F3N6O4S/c1-5-19-14-20(28-35-17-39(38-28)21-7-9-22(10-8-21)44-31(32,33)34)6-13-25(19)36-29(42)37-30-40(27(41)16-45-30)26-15-23(43-4)11-12-24(26)18(2)3/h6-15,17-18H,5,16H2,1-4H3,(H,36,42). The molecule has 0 spiro atoms. The molecule has 0 aliphatic carbocycles. The van der Waals surface area contributed by atoms with Crippen LogP contribution in [0, 0.1) is 0 Å². The molecule has 0 saturated carbocycles. The van der Waals surface area contributed by atoms with Crippen LogP contribution in [0.3, 0.4) is 0 Å². The van der Waals surface area contributed by atoms with Crippen molar-refractivity contribution in [1.82, 2.24) is 14.8 Å². The molecule has 5 rings (SSSR count). The number of rotatable bonds is 8. The lowest BCUT2D eigenvalue weighted by atomic mass is 10.00. The number of aromatic nitrogens is 3. The first kappa shape index (κ1) is 31.6. The van der Waals surface area contributed by atoms with E-state index in [4.69, 9.17) is 4.74 Å². The van der Waals surface area contributed by atoms with Gasteiger partial charge in [0.25, 0.3) is 0 Å². The highest BCUT2D eigenvalue weighted by Crippen LogP contribution is 2.36. The lowest BCUT2D eigenvalue weighted by Gasteiger charge is -2.22. The Morgan fingerprint density at radius 3 is 2.49 bits per heavy atom. The van der Waals surface area contributed by atoms with Crippen LogP contribution >= 0.6 is 11.8 Å². The van der Waals surface area contributed by atoms with Crippen LogP contribution < -0.4 is 19.7 Å². The summed E-state index contributed by atoms with van der Waals surface area (Å²) in [6.45, 7) is 5.97. The first-order valence-electron chi connectivity index (χ1n) is 13.9. The summed E-state index contributed by atoms with van der Waals surface area (Å²) in [4.78, 5) is 36.1. The number of nitrogens with zero attached hydrogens (tertiary/aromatic N) is 5. The minimum absolute atomic E-state index is 0.115. The number of thioether (sulfide) groups is 1. The van der Waals surface area contributed by atoms with E-state index in [0.29, 0.717) is 40.6 Å². The summed E-state index contributed by atoms with van der Waals surface area (Å²) in [6.07, 6.45) is -2.76. The second-order valence-electron chi connectivity index (χ2n) is 10.2. The van der Waals surface area contributed by atoms with E-state index in [-0.39, 0.29) is 28.5 Å². The highest BCUT2D eigenvalue weighted by molar-refractivity contribution is 8.15. The predicted octanol–water partition coefficient (Wildman–Crippen LogP) is 7.20. The van der Waals surface area contributed by atoms with E-state index >= 15 is 0 Å². The molecule has 234 valence electrons. The van der Waals surface area contributed by atoms with E-state index in [1.165, 1.54) is 51.9 Å². The van der Waals surface area contributed by atoms with Crippen LogP contribution in [-0.4, -0.2) is 51.1 Å². The Morgan fingerprint density at radius 1 is 1.09 bits per heavy atom. The molecule has 0 unspecified atom stereocenters. The van der Waals surface area contributed by atoms with Gasteiger partial charge in [0.05, 0.1) is 24.2 Å². The summed E-state index contributed by atoms with van der Waals surface area (Å²) in [5.41, 5.74) is 4.06. The van der Waals surface area contributed by atoms with Gasteiger partial charge in [0.15, 0.2) is 11.0 Å². The van der Waals surface area contributed by atoms with Crippen molar-refractivity contribution in [2.75, 3.05) is 23.1 Å². The molecule has 0 bridgehead atoms. The van der Waals surface area contributed by atoms with Gasteiger partial charge in [-0.05, 0) is 72.0 Å². The number of nitrogens with one attached hydrogen (secondary N) is 1. The second-order valence-corrected chi connectivity index (χ2v) is 11.1. The van der Waals surface area contributed by atoms with Crippen LogP contribution in [0.4, 0.5) is 29.3 Å². The average Bonchev–Trinajstić information content (AvgIpc) is 3.63. The molecule has 1 fully saturated rings. The minimum atomic E-state index is -4.78. The Balaban J connectivity index is 1.34. The maximum absolute atomic E-state index is 13.1. The second kappa shape index (κ2) is 13.0. The van der Waals surface area contributed by atoms with Crippen LogP contribution in [0.25, 0.3) is 17.1 Å². The predicted molar refractivity (Wildman–Crippen MR) is 166 cm³/mol. The Labute approximate surface area is 261 Å². The molecule has 1 aliphatic rings. The molecule has 14 heteroatoms. The Morgan fingerprint density at radius 2 is 1.82 bits per heavy atom. The normalized spacial score (nSPS) is 14.4. The van der Waals surface area contributed by atoms with E-state index in [2.05, 4.69) is 25.1 Å². The van der Waals surface area contributed by atoms with Crippen molar-refractivity contribution < 1.29 is 32.2 Å². The van der Waals surface area contributed by atoms with Gasteiger partial charge in [-0.15, -0.1) is 18.3 Å². The van der Waals surface area contributed by atoms with Gasteiger partial charge >= 0.3 is 12.4 Å². The maximum atomic E-state index is 13.1. The molecular formula is C31H29F3N6O4S. The average molecular weight is 639 g/mol. The molecule has 3 amide bonds. The molecule has 1 saturated heterocycles. The number of carbonyl (C=O) groups is 2. The van der Waals surface area contributed by atoms with Gasteiger partial charge < -0.3 is 14.8 Å². The zero-order valence-corrected chi connectivity index (χ0v) is 25.6. The minimum Gasteiger partial charge on any atom is -0.497 e. The summed E-state index contributed by atoms with van der Waals surface area (Å²) in [6, 6.07) is 15.4. The largest absolute Gasteiger partial charge is 0.573 e. The lowest BCUT2D eigenvalue weighted by Crippen LogP contribution is -2.31. The first-order chi connectivity index (χ1) is 21.5. The van der Waals surface area contributed by atoms with Crippen molar-refractivity contribution >= 4 is 40.2 Å². The Kier molecular flexibility index (Phi) is 9.14. The van der Waals surface area contributed by atoms with Gasteiger partial charge in [-0.2, -0.15) is 4.99 Å². The molecule has 2 heterocycles. The number of anilines is 2. The van der Waals surface area contributed by atoms with E-state index in [1.54, 1.807) is 25.3 Å². The smallest absolute Gasteiger partial charge is 0.497 e. The van der Waals surface area contributed by atoms with Crippen molar-refractivity contribution in [2.24, 2.45) is 4.99 Å². The monoisotopic (exact) mass is 638 g/mol. The number of aliphatic imine (C=N–C) groups is 1. The molecule has 4 aromatic rings. The molecule has 10 nitrogen and oxygen atoms in total. The van der Waals surface area contributed by atoms with E-state index in [1.807, 2.05) is 39.0 Å². The third kappa shape index (κ3) is 7.28. The van der Waals surface area contributed by atoms with Crippen molar-refractivity contribution in [3.63, 3.8) is 0 Å². The van der Waals surface area contributed by atoms with Gasteiger partial charge in [-0.3, -0.25) is 9.69 Å². The van der Waals surface area contributed by atoms with Crippen molar-refractivity contribution in [2.45, 2.75) is 39.5 Å². The number of amides is 3. The lowest BCUT2D eigenvalue weighted by molar-refractivity contribution is -0.274. The van der Waals surface area contributed by atoms with Gasteiger partial charge in [-0.25, -0.2) is 14.5 Å². The van der Waals surface area contributed by atoms with Crippen molar-refractivity contribution in [3.8, 4) is 28.6 Å². The van der Waals surface area contributed by atoms with Gasteiger partial charge in [0.1, 0.15) is 17.8 Å². The number of halogens is 3. The third-order valence-electron chi connectivity index (χ3n) is 6.88. The number of amidine groups is 1. The van der Waals surface area contributed by atoms with Crippen LogP contribution in [0.5, 0.6) is 11.5 Å². The highest BCUT2D eigenvalue weighted by Gasteiger charge is 2.33. The summed E-state index contributed by atoms with van der Waals surface area (Å²) < 4.78 is 48.1. The van der Waals surface area contributed by atoms with Gasteiger partial charge in [0.2, 0.25) is 5.91 Å². The van der Waals surface area contributed by atoms with Crippen LogP contribution in [0.1, 0.15) is 37.8 Å². The number of methoxy groups -OCH3 is 1. The van der Waals surface area contributed by atoms with E-state index in [0.717, 1.165) is 11.1 Å². The summed E-state index contributed by atoms with van der Waals surface area (Å²) >= 11 is 1.19. The van der Waals surface area contributed by atoms with Crippen LogP contribution in [-0.2, 0) is 11.2 Å². The molecule has 45 heavy (non-hydrogen) atoms. The summed E-state index contributed by atoms with van der Waals surface area (Å²) in [5, 5.41) is 7.55. The number of ether oxygens (including phenoxy) is 2. The number of hydrogen-bond donors (Lipinski definition) is 1. The number of urea groups is 1. The van der Waals surface area contributed by atoms with Crippen LogP contribution in [0.15, 0.2) is 72.0 Å². The Hall–Kier alpha value is -4.85. The fraction of sp³-hybridized carbons (Fsp3) is 0.258. The fourth-order valence-corrected chi connectivity index (χ4v) is 5.57. The van der Waals surface area contributed by atoms with E-state index in [9.17, 15) is 22.8 Å². The molecule has 0 atom stereocenters. The highest BCUT2D eigenvalue weighted by atomic mass is 32.2. The summed E-state index contributed by atoms with van der Waals surface area (Å²) in [5.74, 6) is 0.717. The fourth-order valence-electron chi connectivity index (χ4n) is 4.71. The summed E-state index contributed by atoms with van der Waals surface area (Å²) in [7, 11) is 1.55. The SMILES string of the molecule is CCc1cc(-c2ncn(-c3ccc(OC(F)(F)F)cc3)n2)ccc1NC(=O)N=C1SCC(=O)N1c1cc(OC)ccc1C(C)C. The maximum Gasteiger partial charge on any atom is 0.573 e. The zero-order valence-electron chi connectivity index (χ0n) is 24.8. The molecule has 0 radical (unpaired) electrons. The topological polar surface area (TPSA) is 111 Å². The zero-order chi connectivity index (χ0) is 32.3. The van der Waals surface area contributed by atoms with Gasteiger partial charge in [0, 0.05) is 17.3 Å².